The van der Waals surface area contributed by atoms with Gasteiger partial charge in [0.25, 0.3) is 0 Å². The van der Waals surface area contributed by atoms with Crippen LogP contribution in [0.2, 0.25) is 5.15 Å². The van der Waals surface area contributed by atoms with E-state index in [-0.39, 0.29) is 0 Å². The molecular formula is C17H10BClN2O3. The molecule has 0 aliphatic carbocycles. The van der Waals surface area contributed by atoms with Gasteiger partial charge in [0.15, 0.2) is 0 Å². The Balaban J connectivity index is 1.78. The van der Waals surface area contributed by atoms with Gasteiger partial charge in [-0.15, -0.1) is 0 Å². The van der Waals surface area contributed by atoms with Gasteiger partial charge in [0, 0.05) is 11.5 Å². The summed E-state index contributed by atoms with van der Waals surface area (Å²) in [4.78, 5) is 4.24. The number of halogens is 1. The average molecular weight is 337 g/mol. The lowest BCUT2D eigenvalue weighted by Crippen LogP contribution is -2.27. The molecule has 5 nitrogen and oxygen atoms in total. The predicted molar refractivity (Wildman–Crippen MR) is 90.4 cm³/mol. The van der Waals surface area contributed by atoms with Crippen LogP contribution >= 0.6 is 11.6 Å². The Labute approximate surface area is 143 Å². The first-order valence-corrected chi connectivity index (χ1v) is 7.62. The Morgan fingerprint density at radius 3 is 2.96 bits per heavy atom. The predicted octanol–water partition coefficient (Wildman–Crippen LogP) is 2.77. The van der Waals surface area contributed by atoms with Crippen LogP contribution in [0.1, 0.15) is 11.1 Å². The minimum atomic E-state index is -0.886. The number of benzene rings is 2. The fourth-order valence-corrected chi connectivity index (χ4v) is 2.91. The number of nitriles is 1. The van der Waals surface area contributed by atoms with Gasteiger partial charge >= 0.3 is 7.12 Å². The van der Waals surface area contributed by atoms with Crippen LogP contribution in [0.15, 0.2) is 42.5 Å². The molecule has 2 aromatic carbocycles. The number of aromatic nitrogens is 1. The number of fused-ring (bicyclic) bond motifs is 2. The van der Waals surface area contributed by atoms with Crippen LogP contribution in [-0.2, 0) is 11.3 Å². The summed E-state index contributed by atoms with van der Waals surface area (Å²) in [5.41, 5.74) is 2.78. The largest absolute Gasteiger partial charge is 0.491 e. The summed E-state index contributed by atoms with van der Waals surface area (Å²) in [7, 11) is -0.886. The summed E-state index contributed by atoms with van der Waals surface area (Å²) in [5, 5.41) is 19.8. The standard InChI is InChI=1S/C17H10BClN2O3/c19-17-7-16(13-5-10(8-20)1-4-15(13)21-17)24-12-2-3-14-11(6-12)9-23-18(14)22/h1-7,22H,9H2. The molecule has 0 saturated heterocycles. The number of nitrogens with zero attached hydrogens (tertiary/aromatic N) is 2. The van der Waals surface area contributed by atoms with Gasteiger partial charge in [-0.25, -0.2) is 4.98 Å². The zero-order valence-electron chi connectivity index (χ0n) is 12.4. The summed E-state index contributed by atoms with van der Waals surface area (Å²) < 4.78 is 11.1. The van der Waals surface area contributed by atoms with E-state index in [0.717, 1.165) is 11.0 Å². The lowest BCUT2D eigenvalue weighted by atomic mass is 9.80. The molecule has 1 N–H and O–H groups in total. The molecule has 116 valence electrons. The monoisotopic (exact) mass is 336 g/mol. The smallest absolute Gasteiger partial charge is 0.457 e. The van der Waals surface area contributed by atoms with Crippen LogP contribution < -0.4 is 10.2 Å². The van der Waals surface area contributed by atoms with Crippen molar-refractivity contribution in [3.8, 4) is 17.6 Å². The van der Waals surface area contributed by atoms with Gasteiger partial charge in [-0.05, 0) is 41.4 Å². The first-order chi connectivity index (χ1) is 11.6. The second-order valence-corrected chi connectivity index (χ2v) is 5.80. The van der Waals surface area contributed by atoms with Crippen molar-refractivity contribution < 1.29 is 14.4 Å². The Morgan fingerprint density at radius 2 is 2.12 bits per heavy atom. The minimum Gasteiger partial charge on any atom is -0.457 e. The fraction of sp³-hybridized carbons (Fsp3) is 0.0588. The van der Waals surface area contributed by atoms with E-state index in [4.69, 9.17) is 26.3 Å². The van der Waals surface area contributed by atoms with Gasteiger partial charge in [-0.3, -0.25) is 0 Å². The van der Waals surface area contributed by atoms with Gasteiger partial charge < -0.3 is 14.4 Å². The lowest BCUT2D eigenvalue weighted by Gasteiger charge is -2.10. The normalized spacial score (nSPS) is 13.0. The van der Waals surface area contributed by atoms with Crippen molar-refractivity contribution in [2.45, 2.75) is 6.61 Å². The molecule has 4 rings (SSSR count). The van der Waals surface area contributed by atoms with Gasteiger partial charge in [0.2, 0.25) is 0 Å². The van der Waals surface area contributed by atoms with Crippen molar-refractivity contribution in [2.75, 3.05) is 0 Å². The number of ether oxygens (including phenoxy) is 1. The molecule has 2 heterocycles. The number of pyridine rings is 1. The van der Waals surface area contributed by atoms with Crippen molar-refractivity contribution in [3.05, 3.63) is 58.7 Å². The molecule has 24 heavy (non-hydrogen) atoms. The number of hydrogen-bond donors (Lipinski definition) is 1. The van der Waals surface area contributed by atoms with Crippen LogP contribution in [0.25, 0.3) is 10.9 Å². The highest BCUT2D eigenvalue weighted by atomic mass is 35.5. The number of rotatable bonds is 2. The maximum Gasteiger partial charge on any atom is 0.491 e. The highest BCUT2D eigenvalue weighted by Crippen LogP contribution is 2.32. The van der Waals surface area contributed by atoms with Crippen molar-refractivity contribution in [3.63, 3.8) is 0 Å². The molecule has 0 bridgehead atoms. The molecule has 1 aromatic heterocycles. The van der Waals surface area contributed by atoms with Crippen molar-refractivity contribution in [2.24, 2.45) is 0 Å². The van der Waals surface area contributed by atoms with E-state index in [9.17, 15) is 5.02 Å². The molecule has 0 fully saturated rings. The molecule has 3 aromatic rings. The molecule has 0 saturated carbocycles. The molecule has 7 heteroatoms. The molecular weight excluding hydrogens is 326 g/mol. The topological polar surface area (TPSA) is 75.4 Å². The first kappa shape index (κ1) is 15.0. The highest BCUT2D eigenvalue weighted by Gasteiger charge is 2.27. The van der Waals surface area contributed by atoms with Gasteiger partial charge in [0.05, 0.1) is 23.8 Å². The van der Waals surface area contributed by atoms with Gasteiger partial charge in [-0.2, -0.15) is 5.26 Å². The second-order valence-electron chi connectivity index (χ2n) is 5.41. The van der Waals surface area contributed by atoms with E-state index in [1.165, 1.54) is 0 Å². The quantitative estimate of drug-likeness (QED) is 0.575. The van der Waals surface area contributed by atoms with E-state index in [0.29, 0.717) is 39.7 Å². The Hall–Kier alpha value is -2.59. The molecule has 0 unspecified atom stereocenters. The first-order valence-electron chi connectivity index (χ1n) is 7.25. The fourth-order valence-electron chi connectivity index (χ4n) is 2.72. The molecule has 1 aliphatic rings. The molecule has 1 aliphatic heterocycles. The van der Waals surface area contributed by atoms with E-state index in [1.807, 2.05) is 6.07 Å². The van der Waals surface area contributed by atoms with E-state index in [1.54, 1.807) is 36.4 Å². The van der Waals surface area contributed by atoms with Crippen LogP contribution in [0.3, 0.4) is 0 Å². The summed E-state index contributed by atoms with van der Waals surface area (Å²) in [6, 6.07) is 14.2. The summed E-state index contributed by atoms with van der Waals surface area (Å²) in [6.07, 6.45) is 0. The van der Waals surface area contributed by atoms with Crippen LogP contribution in [0.5, 0.6) is 11.5 Å². The van der Waals surface area contributed by atoms with Crippen molar-refractivity contribution in [1.29, 1.82) is 5.26 Å². The van der Waals surface area contributed by atoms with E-state index >= 15 is 0 Å². The van der Waals surface area contributed by atoms with Gasteiger partial charge in [-0.1, -0.05) is 17.7 Å². The van der Waals surface area contributed by atoms with Crippen LogP contribution in [0, 0.1) is 11.3 Å². The van der Waals surface area contributed by atoms with E-state index in [2.05, 4.69) is 11.1 Å². The molecule has 0 spiro atoms. The zero-order chi connectivity index (χ0) is 16.7. The van der Waals surface area contributed by atoms with Crippen LogP contribution in [0.4, 0.5) is 0 Å². The Bertz CT molecular complexity index is 1000. The SMILES string of the molecule is N#Cc1ccc2nc(Cl)cc(Oc3ccc4c(c3)COB4O)c2c1. The highest BCUT2D eigenvalue weighted by molar-refractivity contribution is 6.61. The summed E-state index contributed by atoms with van der Waals surface area (Å²) >= 11 is 6.07. The third kappa shape index (κ3) is 2.59. The van der Waals surface area contributed by atoms with Crippen molar-refractivity contribution >= 4 is 35.1 Å². The summed E-state index contributed by atoms with van der Waals surface area (Å²) in [5.74, 6) is 1.11. The minimum absolute atomic E-state index is 0.308. The molecule has 0 amide bonds. The third-order valence-electron chi connectivity index (χ3n) is 3.87. The maximum absolute atomic E-state index is 9.68. The van der Waals surface area contributed by atoms with Crippen molar-refractivity contribution in [1.82, 2.24) is 4.98 Å². The Kier molecular flexibility index (Phi) is 3.62. The van der Waals surface area contributed by atoms with E-state index < -0.39 is 7.12 Å². The lowest BCUT2D eigenvalue weighted by molar-refractivity contribution is 0.275. The molecule has 0 radical (unpaired) electrons. The van der Waals surface area contributed by atoms with Gasteiger partial charge in [0.1, 0.15) is 16.7 Å². The third-order valence-corrected chi connectivity index (χ3v) is 4.07. The average Bonchev–Trinajstić information content (AvgIpc) is 2.95. The Morgan fingerprint density at radius 1 is 1.25 bits per heavy atom. The second kappa shape index (κ2) is 5.80. The number of hydrogen-bond acceptors (Lipinski definition) is 5. The zero-order valence-corrected chi connectivity index (χ0v) is 13.1. The summed E-state index contributed by atoms with van der Waals surface area (Å²) in [6.45, 7) is 0.337. The molecule has 0 atom stereocenters. The maximum atomic E-state index is 9.68. The van der Waals surface area contributed by atoms with Crippen LogP contribution in [-0.4, -0.2) is 17.1 Å².